The zero-order chi connectivity index (χ0) is 42.7. The van der Waals surface area contributed by atoms with Crippen molar-refractivity contribution < 1.29 is 50.8 Å². The number of hydrogen-bond acceptors (Lipinski definition) is 8. The highest BCUT2D eigenvalue weighted by molar-refractivity contribution is 7.83. The normalized spacial score (nSPS) is 17.7. The predicted molar refractivity (Wildman–Crippen MR) is 209 cm³/mol. The minimum absolute atomic E-state index is 0.0717. The maximum absolute atomic E-state index is 14.0. The maximum atomic E-state index is 14.0. The van der Waals surface area contributed by atoms with Crippen LogP contribution >= 0.6 is 0 Å². The van der Waals surface area contributed by atoms with Crippen LogP contribution in [0.25, 0.3) is 0 Å². The Balaban J connectivity index is 1.65. The fourth-order valence-corrected chi connectivity index (χ4v) is 8.06. The predicted octanol–water partition coefficient (Wildman–Crippen LogP) is 4.73. The van der Waals surface area contributed by atoms with Gasteiger partial charge in [0.2, 0.25) is 23.6 Å². The molecule has 0 radical (unpaired) electrons. The van der Waals surface area contributed by atoms with Crippen LogP contribution in [0.2, 0.25) is 0 Å². The zero-order valence-corrected chi connectivity index (χ0v) is 34.6. The van der Waals surface area contributed by atoms with Gasteiger partial charge in [0.1, 0.15) is 0 Å². The lowest BCUT2D eigenvalue weighted by Crippen LogP contribution is -2.54. The summed E-state index contributed by atoms with van der Waals surface area (Å²) in [6.45, 7) is 9.63. The third kappa shape index (κ3) is 12.8. The lowest BCUT2D eigenvalue weighted by atomic mass is 9.81. The molecule has 0 saturated carbocycles. The monoisotopic (exact) mass is 823 g/mol. The largest absolute Gasteiger partial charge is 0.471 e. The number of nitrogens with one attached hydrogen (secondary N) is 3. The maximum Gasteiger partial charge on any atom is 0.471 e. The highest BCUT2D eigenvalue weighted by atomic mass is 32.2. The molecule has 0 aliphatic carbocycles. The molecule has 2 aromatic rings. The van der Waals surface area contributed by atoms with Crippen LogP contribution < -0.4 is 15.4 Å². The standard InChI is InChI=1S/C40H56F3N5O8S/c1-9-25(2)35(47(6)34(51)24-44-32(49)23-39(4,5)27-14-11-10-12-15-27)31(55-7)22-33(50)48-21-13-16-30(48)36(56-8)26(3)37(52)46-57(54)29-19-17-28(18-20-29)45-38(53)40(41,42)43/h10-12,14-15,17-20,25-26,30-31,35-36H,9,13,16,21-24H2,1-8H3,(H,44,49)(H,45,53)(H,46,52). The molecule has 1 aliphatic rings. The SMILES string of the molecule is CCC(C)C(C(CC(=O)N1CCCC1C(OC)C(C)C(=O)NS(=O)c1ccc(NC(=O)C(F)(F)F)cc1)OC)N(C)C(=O)CNC(=O)CC(C)(C)c1ccccc1. The van der Waals surface area contributed by atoms with E-state index in [0.29, 0.717) is 25.8 Å². The lowest BCUT2D eigenvalue weighted by molar-refractivity contribution is -0.167. The van der Waals surface area contributed by atoms with Crippen LogP contribution in [0.3, 0.4) is 0 Å². The van der Waals surface area contributed by atoms with Gasteiger partial charge in [-0.2, -0.15) is 13.2 Å². The third-order valence-electron chi connectivity index (χ3n) is 10.7. The Morgan fingerprint density at radius 3 is 2.18 bits per heavy atom. The van der Waals surface area contributed by atoms with Crippen molar-refractivity contribution in [2.75, 3.05) is 39.7 Å². The molecular formula is C40H56F3N5O8S. The van der Waals surface area contributed by atoms with Crippen LogP contribution in [0, 0.1) is 11.8 Å². The minimum atomic E-state index is -5.08. The van der Waals surface area contributed by atoms with E-state index in [2.05, 4.69) is 10.0 Å². The van der Waals surface area contributed by atoms with Crippen molar-refractivity contribution in [1.82, 2.24) is 19.8 Å². The topological polar surface area (TPSA) is 163 Å². The van der Waals surface area contributed by atoms with E-state index in [-0.39, 0.29) is 53.6 Å². The zero-order valence-electron chi connectivity index (χ0n) is 33.8. The fraction of sp³-hybridized carbons (Fsp3) is 0.575. The van der Waals surface area contributed by atoms with E-state index in [1.807, 2.05) is 58.0 Å². The highest BCUT2D eigenvalue weighted by Crippen LogP contribution is 2.30. The molecule has 1 aliphatic heterocycles. The number of carbonyl (C=O) groups is 5. The number of methoxy groups -OCH3 is 2. The molecule has 3 N–H and O–H groups in total. The second-order valence-corrected chi connectivity index (χ2v) is 16.3. The molecule has 5 amide bonds. The van der Waals surface area contributed by atoms with Gasteiger partial charge in [-0.05, 0) is 54.0 Å². The number of benzene rings is 2. The van der Waals surface area contributed by atoms with Crippen LogP contribution in [-0.2, 0) is 49.8 Å². The van der Waals surface area contributed by atoms with E-state index < -0.39 is 64.6 Å². The molecule has 13 nitrogen and oxygen atoms in total. The van der Waals surface area contributed by atoms with Gasteiger partial charge < -0.3 is 29.9 Å². The van der Waals surface area contributed by atoms with Crippen LogP contribution in [0.15, 0.2) is 59.5 Å². The fourth-order valence-electron chi connectivity index (χ4n) is 7.19. The molecule has 1 fully saturated rings. The molecule has 7 unspecified atom stereocenters. The van der Waals surface area contributed by atoms with Crippen molar-refractivity contribution in [1.29, 1.82) is 0 Å². The van der Waals surface area contributed by atoms with Crippen molar-refractivity contribution in [3.63, 3.8) is 0 Å². The summed E-state index contributed by atoms with van der Waals surface area (Å²) in [5.74, 6) is -4.62. The number of nitrogens with zero attached hydrogens (tertiary/aromatic N) is 2. The second-order valence-electron chi connectivity index (χ2n) is 15.1. The lowest BCUT2D eigenvalue weighted by Gasteiger charge is -2.39. The number of rotatable bonds is 19. The molecule has 0 bridgehead atoms. The number of hydrogen-bond donors (Lipinski definition) is 3. The van der Waals surface area contributed by atoms with Crippen molar-refractivity contribution >= 4 is 46.2 Å². The van der Waals surface area contributed by atoms with Gasteiger partial charge in [-0.3, -0.25) is 28.7 Å². The Morgan fingerprint density at radius 1 is 0.982 bits per heavy atom. The molecule has 57 heavy (non-hydrogen) atoms. The Bertz CT molecular complexity index is 1710. The summed E-state index contributed by atoms with van der Waals surface area (Å²) in [7, 11) is 2.44. The quantitative estimate of drug-likeness (QED) is 0.183. The van der Waals surface area contributed by atoms with Crippen molar-refractivity contribution in [3.05, 3.63) is 60.2 Å². The summed E-state index contributed by atoms with van der Waals surface area (Å²) in [6, 6.07) is 13.3. The average molecular weight is 824 g/mol. The number of likely N-dealkylation sites (tertiary alicyclic amines) is 1. The Labute approximate surface area is 335 Å². The van der Waals surface area contributed by atoms with E-state index in [0.717, 1.165) is 17.7 Å². The van der Waals surface area contributed by atoms with Crippen LogP contribution in [0.4, 0.5) is 18.9 Å². The van der Waals surface area contributed by atoms with Crippen molar-refractivity contribution in [3.8, 4) is 0 Å². The number of halogens is 3. The molecule has 2 aromatic carbocycles. The van der Waals surface area contributed by atoms with E-state index in [9.17, 15) is 41.4 Å². The molecule has 3 rings (SSSR count). The first kappa shape index (κ1) is 47.0. The molecule has 17 heteroatoms. The summed E-state index contributed by atoms with van der Waals surface area (Å²) in [4.78, 5) is 68.3. The number of anilines is 1. The number of alkyl halides is 3. The number of carbonyl (C=O) groups excluding carboxylic acids is 5. The molecule has 1 heterocycles. The Morgan fingerprint density at radius 2 is 1.61 bits per heavy atom. The minimum Gasteiger partial charge on any atom is -0.379 e. The van der Waals surface area contributed by atoms with Gasteiger partial charge in [0.25, 0.3) is 0 Å². The van der Waals surface area contributed by atoms with Crippen LogP contribution in [0.5, 0.6) is 0 Å². The van der Waals surface area contributed by atoms with E-state index in [1.54, 1.807) is 24.2 Å². The Hall–Kier alpha value is -4.35. The van der Waals surface area contributed by atoms with Gasteiger partial charge in [-0.1, -0.05) is 71.4 Å². The third-order valence-corrected chi connectivity index (χ3v) is 11.8. The second kappa shape index (κ2) is 20.9. The molecule has 316 valence electrons. The Kier molecular flexibility index (Phi) is 17.2. The summed E-state index contributed by atoms with van der Waals surface area (Å²) in [6.07, 6.45) is -4.61. The number of amides is 5. The molecule has 0 spiro atoms. The first-order valence-electron chi connectivity index (χ1n) is 18.9. The van der Waals surface area contributed by atoms with E-state index in [1.165, 1.54) is 31.3 Å². The van der Waals surface area contributed by atoms with Gasteiger partial charge in [0.15, 0.2) is 11.0 Å². The summed E-state index contributed by atoms with van der Waals surface area (Å²) in [5.41, 5.74) is 0.389. The van der Waals surface area contributed by atoms with Crippen molar-refractivity contribution in [2.24, 2.45) is 11.8 Å². The molecule has 7 atom stereocenters. The van der Waals surface area contributed by atoms with Crippen LogP contribution in [-0.4, -0.2) is 108 Å². The summed E-state index contributed by atoms with van der Waals surface area (Å²) < 4.78 is 64.8. The van der Waals surface area contributed by atoms with Gasteiger partial charge in [0.05, 0.1) is 48.1 Å². The van der Waals surface area contributed by atoms with Gasteiger partial charge in [-0.25, -0.2) is 4.21 Å². The number of likely N-dealkylation sites (N-methyl/N-ethyl adjacent to an activating group) is 1. The molecule has 0 aromatic heterocycles. The summed E-state index contributed by atoms with van der Waals surface area (Å²) >= 11 is 0. The van der Waals surface area contributed by atoms with E-state index >= 15 is 0 Å². The van der Waals surface area contributed by atoms with E-state index in [4.69, 9.17) is 9.47 Å². The smallest absolute Gasteiger partial charge is 0.379 e. The molecular weight excluding hydrogens is 768 g/mol. The summed E-state index contributed by atoms with van der Waals surface area (Å²) in [5, 5.41) is 4.46. The number of ether oxygens (including phenoxy) is 2. The van der Waals surface area contributed by atoms with Crippen molar-refractivity contribution in [2.45, 2.75) is 108 Å². The van der Waals surface area contributed by atoms with Gasteiger partial charge in [0, 0.05) is 39.9 Å². The average Bonchev–Trinajstić information content (AvgIpc) is 3.66. The van der Waals surface area contributed by atoms with Gasteiger partial charge >= 0.3 is 12.1 Å². The van der Waals surface area contributed by atoms with Crippen LogP contribution in [0.1, 0.15) is 72.3 Å². The highest BCUT2D eigenvalue weighted by Gasteiger charge is 2.42. The first-order valence-corrected chi connectivity index (χ1v) is 20.0. The molecule has 1 saturated heterocycles. The van der Waals surface area contributed by atoms with Gasteiger partial charge in [-0.15, -0.1) is 0 Å². The first-order chi connectivity index (χ1) is 26.7.